The highest BCUT2D eigenvalue weighted by molar-refractivity contribution is 5.93. The van der Waals surface area contributed by atoms with Gasteiger partial charge < -0.3 is 40.3 Å². The molecule has 0 bridgehead atoms. The molecule has 0 radical (unpaired) electrons. The molecule has 0 aliphatic carbocycles. The maximum atomic E-state index is 13.3. The van der Waals surface area contributed by atoms with Crippen molar-refractivity contribution in [1.29, 1.82) is 0 Å². The van der Waals surface area contributed by atoms with E-state index in [0.29, 0.717) is 26.2 Å². The number of unbranched alkanes of at least 4 members (excludes halogenated alkanes) is 2. The lowest BCUT2D eigenvalue weighted by atomic mass is 9.84. The van der Waals surface area contributed by atoms with Gasteiger partial charge in [-0.3, -0.25) is 14.4 Å². The maximum absolute atomic E-state index is 13.3. The van der Waals surface area contributed by atoms with E-state index < -0.39 is 11.8 Å². The number of piperidine rings is 1. The van der Waals surface area contributed by atoms with Gasteiger partial charge in [0.25, 0.3) is 0 Å². The average Bonchev–Trinajstić information content (AvgIpc) is 3.57. The van der Waals surface area contributed by atoms with E-state index in [1.54, 1.807) is 0 Å². The van der Waals surface area contributed by atoms with Gasteiger partial charge in [0.1, 0.15) is 5.54 Å². The molecule has 4 aromatic rings. The fraction of sp³-hybridized carbons (Fsp3) is 0.426. The van der Waals surface area contributed by atoms with E-state index in [9.17, 15) is 19.5 Å². The maximum Gasteiger partial charge on any atom is 0.247 e. The number of para-hydroxylation sites is 1. The molecule has 3 aliphatic rings. The first kappa shape index (κ1) is 41.1. The summed E-state index contributed by atoms with van der Waals surface area (Å²) in [4.78, 5) is 41.5. The highest BCUT2D eigenvalue weighted by Gasteiger charge is 2.51. The van der Waals surface area contributed by atoms with Crippen LogP contribution >= 0.6 is 0 Å². The number of carbonyl (C=O) groups excluding carboxylic acids is 3. The van der Waals surface area contributed by atoms with Gasteiger partial charge in [-0.1, -0.05) is 98.3 Å². The third-order valence-corrected chi connectivity index (χ3v) is 12.0. The van der Waals surface area contributed by atoms with Gasteiger partial charge in [-0.2, -0.15) is 0 Å². The van der Waals surface area contributed by atoms with E-state index in [1.165, 1.54) is 6.92 Å². The van der Waals surface area contributed by atoms with Crippen molar-refractivity contribution in [2.45, 2.75) is 89.6 Å². The van der Waals surface area contributed by atoms with Crippen LogP contribution in [0.1, 0.15) is 87.0 Å². The van der Waals surface area contributed by atoms with Crippen molar-refractivity contribution in [3.63, 3.8) is 0 Å². The number of hydrogen-bond acceptors (Lipinski definition) is 8. The Morgan fingerprint density at radius 1 is 0.828 bits per heavy atom. The summed E-state index contributed by atoms with van der Waals surface area (Å²) in [7, 11) is 0. The third kappa shape index (κ3) is 9.78. The van der Waals surface area contributed by atoms with Crippen LogP contribution < -0.4 is 20.9 Å². The summed E-state index contributed by atoms with van der Waals surface area (Å²) in [6, 6.07) is 34.7. The molecule has 1 spiro atoms. The molecule has 11 heteroatoms. The molecule has 58 heavy (non-hydrogen) atoms. The number of aliphatic hydroxyl groups excluding tert-OH is 1. The molecule has 0 saturated carbocycles. The van der Waals surface area contributed by atoms with Crippen LogP contribution in [0.3, 0.4) is 0 Å². The Labute approximate surface area is 342 Å². The predicted octanol–water partition coefficient (Wildman–Crippen LogP) is 6.38. The normalized spacial score (nSPS) is 21.8. The minimum Gasteiger partial charge on any atom is -0.392 e. The number of benzene rings is 4. The van der Waals surface area contributed by atoms with Crippen LogP contribution in [0.4, 0.5) is 5.69 Å². The molecule has 3 heterocycles. The highest BCUT2D eigenvalue weighted by atomic mass is 16.7. The number of hydrogen-bond donors (Lipinski definition) is 4. The van der Waals surface area contributed by atoms with Crippen molar-refractivity contribution < 1.29 is 29.0 Å². The van der Waals surface area contributed by atoms with Crippen molar-refractivity contribution in [3.05, 3.63) is 125 Å². The number of amides is 3. The standard InChI is InChI=1S/C47H57N5O6/c1-33-42(30-51-26-23-47(24-27-51)46(56)50-32-52(47)41-12-5-3-6-13-41)57-45(58-44(33)38-17-15-35(31-53)16-18-38)39-21-19-37(20-22-39)40-11-9-10-36(28-40)29-49-43(55)14-7-4-8-25-48-34(2)54/h3,5-6,9-13,15-22,28,33,42,44-45,53H,4,7-8,14,23-27,29-32H2,1-2H3,(H,48,54)(H,49,55)(H,50,56)/t33-,42+,44+,45+/m1/s1. The number of ether oxygens (including phenoxy) is 2. The lowest BCUT2D eigenvalue weighted by Gasteiger charge is -2.46. The van der Waals surface area contributed by atoms with E-state index in [-0.39, 0.29) is 42.5 Å². The number of aliphatic hydroxyl groups is 1. The smallest absolute Gasteiger partial charge is 0.247 e. The van der Waals surface area contributed by atoms with Crippen molar-refractivity contribution in [2.75, 3.05) is 37.7 Å². The molecule has 3 saturated heterocycles. The number of anilines is 1. The van der Waals surface area contributed by atoms with Crippen LogP contribution in [0, 0.1) is 5.92 Å². The van der Waals surface area contributed by atoms with Gasteiger partial charge in [0.2, 0.25) is 17.7 Å². The molecule has 0 aromatic heterocycles. The molecule has 3 fully saturated rings. The summed E-state index contributed by atoms with van der Waals surface area (Å²) >= 11 is 0. The van der Waals surface area contributed by atoms with Gasteiger partial charge in [-0.05, 0) is 71.7 Å². The lowest BCUT2D eigenvalue weighted by molar-refractivity contribution is -0.276. The van der Waals surface area contributed by atoms with Gasteiger partial charge in [0, 0.05) is 63.2 Å². The van der Waals surface area contributed by atoms with Crippen molar-refractivity contribution in [1.82, 2.24) is 20.9 Å². The van der Waals surface area contributed by atoms with Gasteiger partial charge in [0.05, 0.1) is 25.5 Å². The largest absolute Gasteiger partial charge is 0.392 e. The van der Waals surface area contributed by atoms with E-state index >= 15 is 0 Å². The van der Waals surface area contributed by atoms with Crippen LogP contribution in [0.5, 0.6) is 0 Å². The minimum atomic E-state index is -0.588. The number of nitrogens with zero attached hydrogens (tertiary/aromatic N) is 2. The molecule has 11 nitrogen and oxygen atoms in total. The highest BCUT2D eigenvalue weighted by Crippen LogP contribution is 2.43. The van der Waals surface area contributed by atoms with Crippen molar-refractivity contribution in [2.24, 2.45) is 5.92 Å². The van der Waals surface area contributed by atoms with Crippen LogP contribution in [0.15, 0.2) is 103 Å². The lowest BCUT2D eigenvalue weighted by Crippen LogP contribution is -2.57. The zero-order chi connectivity index (χ0) is 40.5. The summed E-state index contributed by atoms with van der Waals surface area (Å²) in [6.07, 6.45) is 3.53. The zero-order valence-corrected chi connectivity index (χ0v) is 33.7. The van der Waals surface area contributed by atoms with Gasteiger partial charge >= 0.3 is 0 Å². The first-order chi connectivity index (χ1) is 28.2. The molecular formula is C47H57N5O6. The van der Waals surface area contributed by atoms with Crippen LogP contribution in [-0.2, 0) is 37.0 Å². The quantitative estimate of drug-likeness (QED) is 0.102. The first-order valence-electron chi connectivity index (χ1n) is 20.8. The summed E-state index contributed by atoms with van der Waals surface area (Å²) in [5.41, 5.74) is 6.47. The Kier molecular flexibility index (Phi) is 13.6. The Balaban J connectivity index is 1.00. The van der Waals surface area contributed by atoms with Crippen molar-refractivity contribution in [3.8, 4) is 11.1 Å². The SMILES string of the molecule is CC(=O)NCCCCCC(=O)NCc1cccc(-c2ccc([C@H]3O[C@@H](CN4CCC5(CC4)C(=O)NCN5c4ccccc4)[C@@H](C)[C@@H](c4ccc(CO)cc4)O3)cc2)c1. The number of carbonyl (C=O) groups is 3. The Morgan fingerprint density at radius 3 is 2.29 bits per heavy atom. The van der Waals surface area contributed by atoms with E-state index in [2.05, 4.69) is 81.2 Å². The fourth-order valence-electron chi connectivity index (χ4n) is 8.56. The molecule has 7 rings (SSSR count). The van der Waals surface area contributed by atoms with Crippen LogP contribution in [-0.4, -0.2) is 72.2 Å². The first-order valence-corrected chi connectivity index (χ1v) is 20.8. The molecule has 0 unspecified atom stereocenters. The van der Waals surface area contributed by atoms with E-state index in [1.807, 2.05) is 54.6 Å². The van der Waals surface area contributed by atoms with Crippen LogP contribution in [0.2, 0.25) is 0 Å². The van der Waals surface area contributed by atoms with E-state index in [4.69, 9.17) is 9.47 Å². The molecule has 3 amide bonds. The fourth-order valence-corrected chi connectivity index (χ4v) is 8.56. The second-order valence-electron chi connectivity index (χ2n) is 16.0. The Bertz CT molecular complexity index is 1980. The van der Waals surface area contributed by atoms with Gasteiger partial charge in [0.15, 0.2) is 6.29 Å². The second kappa shape index (κ2) is 19.1. The summed E-state index contributed by atoms with van der Waals surface area (Å²) < 4.78 is 13.6. The van der Waals surface area contributed by atoms with Crippen LogP contribution in [0.25, 0.3) is 11.1 Å². The Hall–Kier alpha value is -5.07. The molecular weight excluding hydrogens is 731 g/mol. The van der Waals surface area contributed by atoms with Gasteiger partial charge in [-0.15, -0.1) is 0 Å². The second-order valence-corrected chi connectivity index (χ2v) is 16.0. The molecule has 4 atom stereocenters. The van der Waals surface area contributed by atoms with Crippen molar-refractivity contribution >= 4 is 23.4 Å². The third-order valence-electron chi connectivity index (χ3n) is 12.0. The molecule has 306 valence electrons. The predicted molar refractivity (Wildman–Crippen MR) is 224 cm³/mol. The summed E-state index contributed by atoms with van der Waals surface area (Å²) in [6.45, 7) is 7.58. The number of rotatable bonds is 15. The molecule has 4 N–H and O–H groups in total. The Morgan fingerprint density at radius 2 is 1.57 bits per heavy atom. The molecule has 4 aromatic carbocycles. The van der Waals surface area contributed by atoms with Gasteiger partial charge in [-0.25, -0.2) is 0 Å². The zero-order valence-electron chi connectivity index (χ0n) is 33.7. The van der Waals surface area contributed by atoms with E-state index in [0.717, 1.165) is 90.8 Å². The topological polar surface area (TPSA) is 132 Å². The number of nitrogens with one attached hydrogen (secondary N) is 3. The molecule has 3 aliphatic heterocycles. The number of likely N-dealkylation sites (tertiary alicyclic amines) is 1. The summed E-state index contributed by atoms with van der Waals surface area (Å²) in [5, 5.41) is 18.6. The minimum absolute atomic E-state index is 0.0151. The summed E-state index contributed by atoms with van der Waals surface area (Å²) in [5.74, 6) is 0.149. The average molecular weight is 788 g/mol. The monoisotopic (exact) mass is 787 g/mol.